The molecule has 3 aromatic rings. The number of halogens is 1. The van der Waals surface area contributed by atoms with Gasteiger partial charge in [0.2, 0.25) is 0 Å². The summed E-state index contributed by atoms with van der Waals surface area (Å²) in [6.07, 6.45) is 0. The van der Waals surface area contributed by atoms with Gasteiger partial charge >= 0.3 is 5.97 Å². The van der Waals surface area contributed by atoms with Crippen LogP contribution in [0.25, 0.3) is 21.2 Å². The third-order valence-electron chi connectivity index (χ3n) is 3.36. The smallest absolute Gasteiger partial charge is 0.348 e. The van der Waals surface area contributed by atoms with Crippen LogP contribution in [0, 0.1) is 0 Å². The van der Waals surface area contributed by atoms with E-state index in [1.165, 1.54) is 24.0 Å². The molecule has 0 saturated heterocycles. The van der Waals surface area contributed by atoms with Crippen molar-refractivity contribution in [2.45, 2.75) is 5.33 Å². The Morgan fingerprint density at radius 3 is 2.52 bits per heavy atom. The van der Waals surface area contributed by atoms with Gasteiger partial charge in [0.1, 0.15) is 4.88 Å². The molecule has 21 heavy (non-hydrogen) atoms. The average Bonchev–Trinajstić information content (AvgIpc) is 2.93. The predicted molar refractivity (Wildman–Crippen MR) is 91.2 cm³/mol. The summed E-state index contributed by atoms with van der Waals surface area (Å²) in [5.74, 6) is -0.282. The van der Waals surface area contributed by atoms with Crippen LogP contribution in [0.5, 0.6) is 0 Å². The molecule has 0 radical (unpaired) electrons. The van der Waals surface area contributed by atoms with E-state index in [0.29, 0.717) is 4.88 Å². The molecular weight excluding hydrogens is 348 g/mol. The minimum absolute atomic E-state index is 0.282. The van der Waals surface area contributed by atoms with E-state index >= 15 is 0 Å². The molecule has 0 atom stereocenters. The Balaban J connectivity index is 2.25. The van der Waals surface area contributed by atoms with Crippen LogP contribution in [-0.4, -0.2) is 13.1 Å². The summed E-state index contributed by atoms with van der Waals surface area (Å²) < 4.78 is 6.03. The van der Waals surface area contributed by atoms with Gasteiger partial charge in [-0.3, -0.25) is 0 Å². The van der Waals surface area contributed by atoms with Gasteiger partial charge in [-0.2, -0.15) is 0 Å². The van der Waals surface area contributed by atoms with Gasteiger partial charge in [0.15, 0.2) is 0 Å². The highest BCUT2D eigenvalue weighted by molar-refractivity contribution is 9.08. The van der Waals surface area contributed by atoms with Crippen LogP contribution in [0.3, 0.4) is 0 Å². The number of carbonyl (C=O) groups is 1. The van der Waals surface area contributed by atoms with Crippen molar-refractivity contribution in [2.24, 2.45) is 0 Å². The van der Waals surface area contributed by atoms with Crippen molar-refractivity contribution >= 4 is 43.3 Å². The zero-order valence-corrected chi connectivity index (χ0v) is 13.8. The first-order chi connectivity index (χ1) is 10.2. The molecule has 2 aromatic carbocycles. The van der Waals surface area contributed by atoms with Crippen molar-refractivity contribution in [3.05, 3.63) is 59.0 Å². The summed E-state index contributed by atoms with van der Waals surface area (Å²) in [6, 6.07) is 16.3. The van der Waals surface area contributed by atoms with Crippen LogP contribution in [-0.2, 0) is 10.1 Å². The highest BCUT2D eigenvalue weighted by atomic mass is 79.9. The number of hydrogen-bond donors (Lipinski definition) is 0. The third kappa shape index (κ3) is 2.61. The van der Waals surface area contributed by atoms with E-state index in [1.807, 2.05) is 24.3 Å². The SMILES string of the molecule is COC(=O)c1sc2ccccc2c1-c1ccc(CBr)cc1. The molecule has 0 unspecified atom stereocenters. The van der Waals surface area contributed by atoms with Crippen LogP contribution in [0.1, 0.15) is 15.2 Å². The molecule has 0 aliphatic carbocycles. The van der Waals surface area contributed by atoms with Crippen molar-refractivity contribution in [3.63, 3.8) is 0 Å². The average molecular weight is 361 g/mol. The van der Waals surface area contributed by atoms with Crippen molar-refractivity contribution in [3.8, 4) is 11.1 Å². The van der Waals surface area contributed by atoms with Crippen LogP contribution >= 0.6 is 27.3 Å². The van der Waals surface area contributed by atoms with Gasteiger partial charge in [0, 0.05) is 21.0 Å². The Labute approximate surface area is 135 Å². The second kappa shape index (κ2) is 6.00. The Hall–Kier alpha value is -1.65. The number of carbonyl (C=O) groups excluding carboxylic acids is 1. The van der Waals surface area contributed by atoms with E-state index in [0.717, 1.165) is 26.5 Å². The Morgan fingerprint density at radius 1 is 1.14 bits per heavy atom. The number of ether oxygens (including phenoxy) is 1. The monoisotopic (exact) mass is 360 g/mol. The van der Waals surface area contributed by atoms with Gasteiger partial charge in [0.05, 0.1) is 7.11 Å². The first-order valence-corrected chi connectivity index (χ1v) is 8.43. The topological polar surface area (TPSA) is 26.3 Å². The fraction of sp³-hybridized carbons (Fsp3) is 0.118. The lowest BCUT2D eigenvalue weighted by Crippen LogP contribution is -1.99. The van der Waals surface area contributed by atoms with Gasteiger partial charge in [-0.15, -0.1) is 11.3 Å². The molecule has 4 heteroatoms. The standard InChI is InChI=1S/C17H13BrO2S/c1-20-17(19)16-15(12-8-6-11(10-18)7-9-12)13-4-2-3-5-14(13)21-16/h2-9H,10H2,1H3. The third-order valence-corrected chi connectivity index (χ3v) is 5.16. The summed E-state index contributed by atoms with van der Waals surface area (Å²) in [7, 11) is 1.42. The highest BCUT2D eigenvalue weighted by Crippen LogP contribution is 2.39. The van der Waals surface area contributed by atoms with Gasteiger partial charge in [-0.1, -0.05) is 58.4 Å². The molecule has 0 saturated carbocycles. The quantitative estimate of drug-likeness (QED) is 0.470. The maximum Gasteiger partial charge on any atom is 0.348 e. The Bertz CT molecular complexity index is 790. The van der Waals surface area contributed by atoms with E-state index in [2.05, 4.69) is 40.2 Å². The van der Waals surface area contributed by atoms with Crippen molar-refractivity contribution < 1.29 is 9.53 Å². The van der Waals surface area contributed by atoms with Gasteiger partial charge in [-0.05, 0) is 17.2 Å². The Kier molecular flexibility index (Phi) is 4.08. The second-order valence-corrected chi connectivity index (χ2v) is 6.24. The number of methoxy groups -OCH3 is 1. The molecule has 1 heterocycles. The first-order valence-electron chi connectivity index (χ1n) is 6.49. The normalized spacial score (nSPS) is 10.8. The molecular formula is C17H13BrO2S. The van der Waals surface area contributed by atoms with E-state index in [4.69, 9.17) is 4.74 Å². The molecule has 0 bridgehead atoms. The van der Waals surface area contributed by atoms with Gasteiger partial charge in [-0.25, -0.2) is 4.79 Å². The molecule has 0 aliphatic rings. The largest absolute Gasteiger partial charge is 0.465 e. The fourth-order valence-electron chi connectivity index (χ4n) is 2.33. The molecule has 0 aliphatic heterocycles. The minimum Gasteiger partial charge on any atom is -0.465 e. The molecule has 0 N–H and O–H groups in total. The van der Waals surface area contributed by atoms with Crippen molar-refractivity contribution in [1.82, 2.24) is 0 Å². The van der Waals surface area contributed by atoms with Crippen molar-refractivity contribution in [2.75, 3.05) is 7.11 Å². The minimum atomic E-state index is -0.282. The summed E-state index contributed by atoms with van der Waals surface area (Å²) >= 11 is 4.92. The molecule has 106 valence electrons. The number of fused-ring (bicyclic) bond motifs is 1. The van der Waals surface area contributed by atoms with Gasteiger partial charge < -0.3 is 4.74 Å². The molecule has 0 amide bonds. The number of thiophene rings is 1. The highest BCUT2D eigenvalue weighted by Gasteiger charge is 2.19. The first kappa shape index (κ1) is 14.3. The Morgan fingerprint density at radius 2 is 1.86 bits per heavy atom. The lowest BCUT2D eigenvalue weighted by Gasteiger charge is -2.05. The molecule has 3 rings (SSSR count). The molecule has 0 spiro atoms. The predicted octanol–water partition coefficient (Wildman–Crippen LogP) is 5.25. The van der Waals surface area contributed by atoms with Crippen LogP contribution in [0.2, 0.25) is 0 Å². The fourth-order valence-corrected chi connectivity index (χ4v) is 3.85. The number of rotatable bonds is 3. The zero-order chi connectivity index (χ0) is 14.8. The summed E-state index contributed by atoms with van der Waals surface area (Å²) in [5, 5.41) is 1.91. The second-order valence-electron chi connectivity index (χ2n) is 4.62. The number of alkyl halides is 1. The summed E-state index contributed by atoms with van der Waals surface area (Å²) in [4.78, 5) is 12.7. The zero-order valence-electron chi connectivity index (χ0n) is 11.4. The molecule has 0 fully saturated rings. The van der Waals surface area contributed by atoms with Crippen molar-refractivity contribution in [1.29, 1.82) is 0 Å². The maximum atomic E-state index is 12.1. The van der Waals surface area contributed by atoms with E-state index in [1.54, 1.807) is 0 Å². The summed E-state index contributed by atoms with van der Waals surface area (Å²) in [6.45, 7) is 0. The number of hydrogen-bond acceptors (Lipinski definition) is 3. The lowest BCUT2D eigenvalue weighted by atomic mass is 10.0. The van der Waals surface area contributed by atoms with Gasteiger partial charge in [0.25, 0.3) is 0 Å². The summed E-state index contributed by atoms with van der Waals surface area (Å²) in [5.41, 5.74) is 3.21. The van der Waals surface area contributed by atoms with Crippen LogP contribution < -0.4 is 0 Å². The van der Waals surface area contributed by atoms with E-state index in [9.17, 15) is 4.79 Å². The lowest BCUT2D eigenvalue weighted by molar-refractivity contribution is 0.0607. The number of esters is 1. The van der Waals surface area contributed by atoms with Crippen LogP contribution in [0.15, 0.2) is 48.5 Å². The van der Waals surface area contributed by atoms with E-state index < -0.39 is 0 Å². The molecule has 2 nitrogen and oxygen atoms in total. The van der Waals surface area contributed by atoms with E-state index in [-0.39, 0.29) is 5.97 Å². The van der Waals surface area contributed by atoms with Crippen LogP contribution in [0.4, 0.5) is 0 Å². The maximum absolute atomic E-state index is 12.1. The molecule has 1 aromatic heterocycles. The number of benzene rings is 2.